The predicted octanol–water partition coefficient (Wildman–Crippen LogP) is 2.14. The highest BCUT2D eigenvalue weighted by Gasteiger charge is 2.24. The van der Waals surface area contributed by atoms with Crippen molar-refractivity contribution in [2.75, 3.05) is 48.4 Å². The fourth-order valence-electron chi connectivity index (χ4n) is 3.97. The van der Waals surface area contributed by atoms with E-state index in [4.69, 9.17) is 9.47 Å². The van der Waals surface area contributed by atoms with Gasteiger partial charge in [0.05, 0.1) is 11.9 Å². The predicted molar refractivity (Wildman–Crippen MR) is 119 cm³/mol. The van der Waals surface area contributed by atoms with Gasteiger partial charge in [0.25, 0.3) is 0 Å². The summed E-state index contributed by atoms with van der Waals surface area (Å²) in [5, 5.41) is 2.84. The molecule has 0 saturated heterocycles. The zero-order chi connectivity index (χ0) is 21.8. The molecule has 2 aromatic carbocycles. The number of hydrogen-bond acceptors (Lipinski definition) is 6. The minimum Gasteiger partial charge on any atom is -0.454 e. The average Bonchev–Trinajstić information content (AvgIpc) is 3.22. The summed E-state index contributed by atoms with van der Waals surface area (Å²) in [4.78, 5) is 14.8. The van der Waals surface area contributed by atoms with Gasteiger partial charge in [-0.05, 0) is 43.0 Å². The van der Waals surface area contributed by atoms with Crippen molar-refractivity contribution in [2.24, 2.45) is 0 Å². The molecule has 1 N–H and O–H groups in total. The van der Waals surface area contributed by atoms with E-state index in [1.54, 1.807) is 18.2 Å². The number of aryl methyl sites for hydroxylation is 1. The molecule has 166 valence electrons. The first kappa shape index (κ1) is 21.3. The van der Waals surface area contributed by atoms with Gasteiger partial charge in [0.2, 0.25) is 22.7 Å². The Morgan fingerprint density at radius 2 is 1.97 bits per heavy atom. The van der Waals surface area contributed by atoms with E-state index in [0.717, 1.165) is 42.9 Å². The third-order valence-electron chi connectivity index (χ3n) is 5.47. The van der Waals surface area contributed by atoms with E-state index in [1.165, 1.54) is 11.3 Å². The normalized spacial score (nSPS) is 14.8. The average molecular weight is 446 g/mol. The van der Waals surface area contributed by atoms with Gasteiger partial charge >= 0.3 is 0 Å². The number of anilines is 2. The van der Waals surface area contributed by atoms with Gasteiger partial charge in [-0.1, -0.05) is 18.2 Å². The summed E-state index contributed by atoms with van der Waals surface area (Å²) in [7, 11) is -3.64. The number of ether oxygens (including phenoxy) is 2. The Labute approximate surface area is 182 Å². The summed E-state index contributed by atoms with van der Waals surface area (Å²) in [6, 6.07) is 13.2. The molecule has 0 atom stereocenters. The van der Waals surface area contributed by atoms with Crippen molar-refractivity contribution in [1.82, 2.24) is 5.32 Å². The summed E-state index contributed by atoms with van der Waals surface area (Å²) in [5.74, 6) is 0.677. The van der Waals surface area contributed by atoms with Gasteiger partial charge in [-0.15, -0.1) is 0 Å². The van der Waals surface area contributed by atoms with Gasteiger partial charge in [-0.2, -0.15) is 0 Å². The summed E-state index contributed by atoms with van der Waals surface area (Å²) < 4.78 is 36.2. The summed E-state index contributed by atoms with van der Waals surface area (Å²) in [6.45, 7) is 2.15. The van der Waals surface area contributed by atoms with Crippen molar-refractivity contribution in [1.29, 1.82) is 0 Å². The molecule has 0 fully saturated rings. The maximum Gasteiger partial charge on any atom is 0.240 e. The number of benzene rings is 2. The van der Waals surface area contributed by atoms with Crippen LogP contribution in [0.4, 0.5) is 11.4 Å². The van der Waals surface area contributed by atoms with Gasteiger partial charge in [0.15, 0.2) is 11.5 Å². The molecular formula is C22H27N3O5S. The first-order valence-corrected chi connectivity index (χ1v) is 12.2. The summed E-state index contributed by atoms with van der Waals surface area (Å²) >= 11 is 0. The lowest BCUT2D eigenvalue weighted by Gasteiger charge is -2.31. The molecule has 0 spiro atoms. The smallest absolute Gasteiger partial charge is 0.240 e. The second-order valence-corrected chi connectivity index (χ2v) is 9.64. The molecule has 2 aromatic rings. The molecular weight excluding hydrogens is 418 g/mol. The molecule has 0 saturated carbocycles. The number of carbonyl (C=O) groups excluding carboxylic acids is 1. The molecule has 8 nitrogen and oxygen atoms in total. The zero-order valence-electron chi connectivity index (χ0n) is 17.5. The maximum absolute atomic E-state index is 12.5. The number of nitrogens with one attached hydrogen (secondary N) is 1. The fourth-order valence-corrected chi connectivity index (χ4v) is 4.82. The number of rotatable bonds is 8. The standard InChI is InChI=1S/C22H27N3O5S/c1-31(27,28)25(18-9-10-20-21(14-18)30-16-29-20)15-22(26)23-11-5-13-24-12-4-7-17-6-2-3-8-19(17)24/h2-3,6,8-10,14H,4-5,7,11-13,15-16H2,1H3,(H,23,26). The van der Waals surface area contributed by atoms with E-state index in [1.807, 2.05) is 0 Å². The zero-order valence-corrected chi connectivity index (χ0v) is 18.4. The Morgan fingerprint density at radius 3 is 2.81 bits per heavy atom. The van der Waals surface area contributed by atoms with E-state index in [-0.39, 0.29) is 19.2 Å². The van der Waals surface area contributed by atoms with Crippen molar-refractivity contribution >= 4 is 27.3 Å². The van der Waals surface area contributed by atoms with E-state index in [9.17, 15) is 13.2 Å². The monoisotopic (exact) mass is 445 g/mol. The summed E-state index contributed by atoms with van der Waals surface area (Å²) in [6.07, 6.45) is 4.09. The third kappa shape index (κ3) is 5.04. The van der Waals surface area contributed by atoms with Crippen LogP contribution in [0, 0.1) is 0 Å². The largest absolute Gasteiger partial charge is 0.454 e. The number of sulfonamides is 1. The van der Waals surface area contributed by atoms with Gasteiger partial charge in [-0.3, -0.25) is 9.10 Å². The minimum absolute atomic E-state index is 0.0969. The van der Waals surface area contributed by atoms with Gasteiger partial charge < -0.3 is 19.7 Å². The van der Waals surface area contributed by atoms with Crippen molar-refractivity contribution in [3.63, 3.8) is 0 Å². The molecule has 0 bridgehead atoms. The number of carbonyl (C=O) groups is 1. The van der Waals surface area contributed by atoms with Crippen LogP contribution in [0.15, 0.2) is 42.5 Å². The SMILES string of the molecule is CS(=O)(=O)N(CC(=O)NCCCN1CCCc2ccccc21)c1ccc2c(c1)OCO2. The van der Waals surface area contributed by atoms with Crippen LogP contribution in [0.25, 0.3) is 0 Å². The Morgan fingerprint density at radius 1 is 1.16 bits per heavy atom. The lowest BCUT2D eigenvalue weighted by Crippen LogP contribution is -2.41. The third-order valence-corrected chi connectivity index (χ3v) is 6.61. The molecule has 0 aromatic heterocycles. The van der Waals surface area contributed by atoms with Crippen LogP contribution >= 0.6 is 0 Å². The second kappa shape index (κ2) is 9.05. The first-order valence-electron chi connectivity index (χ1n) is 10.4. The quantitative estimate of drug-likeness (QED) is 0.627. The van der Waals surface area contributed by atoms with Crippen LogP contribution in [0.1, 0.15) is 18.4 Å². The van der Waals surface area contributed by atoms with E-state index in [0.29, 0.717) is 23.7 Å². The number of hydrogen-bond donors (Lipinski definition) is 1. The Hall–Kier alpha value is -2.94. The first-order chi connectivity index (χ1) is 14.9. The number of amides is 1. The van der Waals surface area contributed by atoms with E-state index >= 15 is 0 Å². The molecule has 1 amide bonds. The van der Waals surface area contributed by atoms with Crippen molar-refractivity contribution < 1.29 is 22.7 Å². The molecule has 2 aliphatic rings. The lowest BCUT2D eigenvalue weighted by molar-refractivity contribution is -0.119. The van der Waals surface area contributed by atoms with Crippen LogP contribution in [-0.2, 0) is 21.2 Å². The number of fused-ring (bicyclic) bond motifs is 2. The van der Waals surface area contributed by atoms with Crippen LogP contribution in [0.3, 0.4) is 0 Å². The Balaban J connectivity index is 1.31. The maximum atomic E-state index is 12.5. The molecule has 0 unspecified atom stereocenters. The van der Waals surface area contributed by atoms with Crippen molar-refractivity contribution in [2.45, 2.75) is 19.3 Å². The molecule has 2 aliphatic heterocycles. The highest BCUT2D eigenvalue weighted by molar-refractivity contribution is 7.92. The van der Waals surface area contributed by atoms with Crippen LogP contribution in [0.5, 0.6) is 11.5 Å². The highest BCUT2D eigenvalue weighted by Crippen LogP contribution is 2.36. The van der Waals surface area contributed by atoms with Crippen LogP contribution < -0.4 is 24.0 Å². The van der Waals surface area contributed by atoms with Gasteiger partial charge in [-0.25, -0.2) is 8.42 Å². The molecule has 31 heavy (non-hydrogen) atoms. The number of nitrogens with zero attached hydrogens (tertiary/aromatic N) is 2. The van der Waals surface area contributed by atoms with Crippen molar-refractivity contribution in [3.8, 4) is 11.5 Å². The molecule has 2 heterocycles. The molecule has 9 heteroatoms. The highest BCUT2D eigenvalue weighted by atomic mass is 32.2. The van der Waals surface area contributed by atoms with Gasteiger partial charge in [0.1, 0.15) is 6.54 Å². The number of para-hydroxylation sites is 1. The molecule has 0 radical (unpaired) electrons. The molecule has 4 rings (SSSR count). The Kier molecular flexibility index (Phi) is 6.22. The second-order valence-electron chi connectivity index (χ2n) is 7.73. The molecule has 0 aliphatic carbocycles. The topological polar surface area (TPSA) is 88.2 Å². The minimum atomic E-state index is -3.64. The van der Waals surface area contributed by atoms with E-state index in [2.05, 4.69) is 34.5 Å². The fraction of sp³-hybridized carbons (Fsp3) is 0.409. The lowest BCUT2D eigenvalue weighted by atomic mass is 10.0. The van der Waals surface area contributed by atoms with Crippen LogP contribution in [-0.4, -0.2) is 53.6 Å². The van der Waals surface area contributed by atoms with Gasteiger partial charge in [0, 0.05) is 31.4 Å². The van der Waals surface area contributed by atoms with Crippen molar-refractivity contribution in [3.05, 3.63) is 48.0 Å². The van der Waals surface area contributed by atoms with E-state index < -0.39 is 10.0 Å². The van der Waals surface area contributed by atoms with Crippen LogP contribution in [0.2, 0.25) is 0 Å². The summed E-state index contributed by atoms with van der Waals surface area (Å²) in [5.41, 5.74) is 3.00. The Bertz CT molecular complexity index is 1060.